The summed E-state index contributed by atoms with van der Waals surface area (Å²) in [4.78, 5) is 2.34. The van der Waals surface area contributed by atoms with Crippen LogP contribution in [0.4, 0.5) is 0 Å². The molecule has 3 rings (SSSR count). The van der Waals surface area contributed by atoms with Gasteiger partial charge in [0, 0.05) is 37.9 Å². The second-order valence-corrected chi connectivity index (χ2v) is 8.58. The zero-order valence-corrected chi connectivity index (χ0v) is 15.7. The molecule has 0 radical (unpaired) electrons. The fourth-order valence-electron chi connectivity index (χ4n) is 3.23. The lowest BCUT2D eigenvalue weighted by Crippen LogP contribution is -2.39. The van der Waals surface area contributed by atoms with Crippen LogP contribution in [0.5, 0.6) is 0 Å². The van der Waals surface area contributed by atoms with Gasteiger partial charge < -0.3 is 4.52 Å². The summed E-state index contributed by atoms with van der Waals surface area (Å²) in [6, 6.07) is 2.15. The van der Waals surface area contributed by atoms with Gasteiger partial charge in [-0.25, -0.2) is 13.1 Å². The molecule has 1 atom stereocenters. The third kappa shape index (κ3) is 4.10. The van der Waals surface area contributed by atoms with Gasteiger partial charge in [0.25, 0.3) is 0 Å². The average molecular weight is 367 g/mol. The van der Waals surface area contributed by atoms with E-state index in [1.165, 1.54) is 0 Å². The molecule has 1 aliphatic rings. The molecular weight excluding hydrogens is 342 g/mol. The molecule has 8 nitrogen and oxygen atoms in total. The van der Waals surface area contributed by atoms with Crippen LogP contribution < -0.4 is 4.72 Å². The van der Waals surface area contributed by atoms with E-state index in [-0.39, 0.29) is 11.8 Å². The molecule has 2 aromatic heterocycles. The van der Waals surface area contributed by atoms with Crippen LogP contribution in [0.1, 0.15) is 42.1 Å². The number of aromatic nitrogens is 3. The minimum absolute atomic E-state index is 0.100. The highest BCUT2D eigenvalue weighted by Crippen LogP contribution is 2.25. The van der Waals surface area contributed by atoms with Gasteiger partial charge in [0.1, 0.15) is 5.76 Å². The SMILES string of the molecule is CCS(=O)(=O)NCCC1CN(Cc2c(C)noc2C)Cc2ccnn21. The van der Waals surface area contributed by atoms with Gasteiger partial charge in [0.05, 0.1) is 23.2 Å². The summed E-state index contributed by atoms with van der Waals surface area (Å²) in [5.74, 6) is 0.951. The summed E-state index contributed by atoms with van der Waals surface area (Å²) in [5.41, 5.74) is 3.18. The van der Waals surface area contributed by atoms with E-state index in [9.17, 15) is 8.42 Å². The Labute approximate surface area is 148 Å². The smallest absolute Gasteiger partial charge is 0.211 e. The van der Waals surface area contributed by atoms with Crippen molar-refractivity contribution >= 4 is 10.0 Å². The number of nitrogens with one attached hydrogen (secondary N) is 1. The second kappa shape index (κ2) is 7.27. The first-order chi connectivity index (χ1) is 11.9. The summed E-state index contributed by atoms with van der Waals surface area (Å²) in [6.07, 6.45) is 2.50. The van der Waals surface area contributed by atoms with E-state index < -0.39 is 10.0 Å². The van der Waals surface area contributed by atoms with Crippen molar-refractivity contribution in [2.45, 2.75) is 46.3 Å². The molecule has 25 heavy (non-hydrogen) atoms. The third-order valence-corrected chi connectivity index (χ3v) is 6.10. The molecule has 1 N–H and O–H groups in total. The average Bonchev–Trinajstić information content (AvgIpc) is 3.16. The van der Waals surface area contributed by atoms with Gasteiger partial charge in [-0.1, -0.05) is 5.16 Å². The van der Waals surface area contributed by atoms with Crippen LogP contribution in [-0.2, 0) is 23.1 Å². The molecule has 0 fully saturated rings. The third-order valence-electron chi connectivity index (χ3n) is 4.70. The van der Waals surface area contributed by atoms with E-state index in [2.05, 4.69) is 19.9 Å². The number of aryl methyl sites for hydroxylation is 2. The van der Waals surface area contributed by atoms with Crippen molar-refractivity contribution in [2.75, 3.05) is 18.8 Å². The second-order valence-electron chi connectivity index (χ2n) is 6.48. The molecule has 3 heterocycles. The molecule has 138 valence electrons. The van der Waals surface area contributed by atoms with Crippen LogP contribution in [0, 0.1) is 13.8 Å². The quantitative estimate of drug-likeness (QED) is 0.794. The van der Waals surface area contributed by atoms with Gasteiger partial charge in [-0.2, -0.15) is 5.10 Å². The van der Waals surface area contributed by atoms with Crippen molar-refractivity contribution < 1.29 is 12.9 Å². The molecular formula is C16H25N5O3S. The highest BCUT2D eigenvalue weighted by molar-refractivity contribution is 7.89. The van der Waals surface area contributed by atoms with E-state index >= 15 is 0 Å². The van der Waals surface area contributed by atoms with Crippen molar-refractivity contribution in [3.05, 3.63) is 35.0 Å². The Hall–Kier alpha value is -1.71. The monoisotopic (exact) mass is 367 g/mol. The molecule has 0 spiro atoms. The van der Waals surface area contributed by atoms with E-state index in [1.807, 2.05) is 24.6 Å². The highest BCUT2D eigenvalue weighted by atomic mass is 32.2. The molecule has 0 saturated carbocycles. The topological polar surface area (TPSA) is 93.3 Å². The minimum Gasteiger partial charge on any atom is -0.361 e. The van der Waals surface area contributed by atoms with Gasteiger partial charge >= 0.3 is 0 Å². The summed E-state index contributed by atoms with van der Waals surface area (Å²) in [6.45, 7) is 8.33. The lowest BCUT2D eigenvalue weighted by molar-refractivity contribution is 0.161. The Kier molecular flexibility index (Phi) is 5.26. The van der Waals surface area contributed by atoms with Crippen molar-refractivity contribution in [1.82, 2.24) is 24.6 Å². The van der Waals surface area contributed by atoms with Gasteiger partial charge in [-0.15, -0.1) is 0 Å². The predicted octanol–water partition coefficient (Wildman–Crippen LogP) is 1.37. The minimum atomic E-state index is -3.16. The Bertz CT molecular complexity index is 807. The molecule has 9 heteroatoms. The first-order valence-corrected chi connectivity index (χ1v) is 10.2. The molecule has 1 unspecified atom stereocenters. The van der Waals surface area contributed by atoms with E-state index in [0.717, 1.165) is 42.3 Å². The molecule has 0 saturated heterocycles. The van der Waals surface area contributed by atoms with Gasteiger partial charge in [-0.3, -0.25) is 9.58 Å². The molecule has 1 aliphatic heterocycles. The number of sulfonamides is 1. The number of hydrogen-bond acceptors (Lipinski definition) is 6. The summed E-state index contributed by atoms with van der Waals surface area (Å²) >= 11 is 0. The predicted molar refractivity (Wildman–Crippen MR) is 93.4 cm³/mol. The number of nitrogens with zero attached hydrogens (tertiary/aromatic N) is 4. The molecule has 0 aliphatic carbocycles. The van der Waals surface area contributed by atoms with Crippen LogP contribution in [0.2, 0.25) is 0 Å². The maximum Gasteiger partial charge on any atom is 0.211 e. The normalized spacial score (nSPS) is 18.4. The van der Waals surface area contributed by atoms with Crippen LogP contribution in [0.15, 0.2) is 16.8 Å². The number of fused-ring (bicyclic) bond motifs is 1. The Morgan fingerprint density at radius 2 is 2.20 bits per heavy atom. The van der Waals surface area contributed by atoms with E-state index in [0.29, 0.717) is 13.0 Å². The summed E-state index contributed by atoms with van der Waals surface area (Å²) < 4.78 is 33.2. The lowest BCUT2D eigenvalue weighted by Gasteiger charge is -2.34. The zero-order valence-electron chi connectivity index (χ0n) is 14.9. The highest BCUT2D eigenvalue weighted by Gasteiger charge is 2.27. The maximum atomic E-state index is 11.6. The Balaban J connectivity index is 1.69. The zero-order chi connectivity index (χ0) is 18.0. The number of rotatable bonds is 7. The molecule has 0 bridgehead atoms. The molecule has 2 aromatic rings. The molecule has 0 amide bonds. The van der Waals surface area contributed by atoms with Crippen LogP contribution in [0.25, 0.3) is 0 Å². The van der Waals surface area contributed by atoms with Gasteiger partial charge in [-0.05, 0) is 33.3 Å². The van der Waals surface area contributed by atoms with Crippen LogP contribution >= 0.6 is 0 Å². The van der Waals surface area contributed by atoms with Gasteiger partial charge in [0.2, 0.25) is 10.0 Å². The lowest BCUT2D eigenvalue weighted by atomic mass is 10.1. The van der Waals surface area contributed by atoms with Crippen molar-refractivity contribution in [2.24, 2.45) is 0 Å². The van der Waals surface area contributed by atoms with Gasteiger partial charge in [0.15, 0.2) is 0 Å². The summed E-state index contributed by atoms with van der Waals surface area (Å²) in [5, 5.41) is 8.45. The van der Waals surface area contributed by atoms with Crippen molar-refractivity contribution in [3.8, 4) is 0 Å². The van der Waals surface area contributed by atoms with Crippen LogP contribution in [0.3, 0.4) is 0 Å². The first kappa shape index (κ1) is 18.1. The molecule has 0 aromatic carbocycles. The Morgan fingerprint density at radius 1 is 1.40 bits per heavy atom. The van der Waals surface area contributed by atoms with Crippen molar-refractivity contribution in [3.63, 3.8) is 0 Å². The van der Waals surface area contributed by atoms with E-state index in [1.54, 1.807) is 13.1 Å². The maximum absolute atomic E-state index is 11.6. The number of hydrogen-bond donors (Lipinski definition) is 1. The Morgan fingerprint density at radius 3 is 2.88 bits per heavy atom. The fraction of sp³-hybridized carbons (Fsp3) is 0.625. The largest absolute Gasteiger partial charge is 0.361 e. The summed E-state index contributed by atoms with van der Waals surface area (Å²) in [7, 11) is -3.16. The first-order valence-electron chi connectivity index (χ1n) is 8.53. The van der Waals surface area contributed by atoms with Crippen molar-refractivity contribution in [1.29, 1.82) is 0 Å². The van der Waals surface area contributed by atoms with E-state index in [4.69, 9.17) is 4.52 Å². The van der Waals surface area contributed by atoms with Crippen LogP contribution in [-0.4, -0.2) is 47.1 Å². The fourth-order valence-corrected chi connectivity index (χ4v) is 3.87. The standard InChI is InChI=1S/C16H25N5O3S/c1-4-25(22,23)18-8-6-15-10-20(9-14-5-7-17-21(14)15)11-16-12(2)19-24-13(16)3/h5,7,15,18H,4,6,8-11H2,1-3H3.